The summed E-state index contributed by atoms with van der Waals surface area (Å²) in [7, 11) is 1.40. The maximum atomic E-state index is 14.3. The Morgan fingerprint density at radius 3 is 2.39 bits per heavy atom. The maximum Gasteiger partial charge on any atom is 0.287 e. The Hall–Kier alpha value is -3.36. The third-order valence-electron chi connectivity index (χ3n) is 4.83. The number of rotatable bonds is 4. The Balaban J connectivity index is 2.66. The number of aromatic hydroxyl groups is 2. The first kappa shape index (κ1) is 23.9. The smallest absolute Gasteiger partial charge is 0.287 e. The molecule has 0 bridgehead atoms. The quantitative estimate of drug-likeness (QED) is 0.368. The molecule has 31 heavy (non-hydrogen) atoms. The zero-order valence-electron chi connectivity index (χ0n) is 18.5. The molecule has 1 aromatic carbocycles. The van der Waals surface area contributed by atoms with Crippen molar-refractivity contribution in [2.75, 3.05) is 7.05 Å². The van der Waals surface area contributed by atoms with Crippen molar-refractivity contribution in [1.82, 2.24) is 10.2 Å². The number of amidine groups is 2. The van der Waals surface area contributed by atoms with Gasteiger partial charge in [-0.2, -0.15) is 0 Å². The maximum absolute atomic E-state index is 14.3. The number of aliphatic imine (C=N–C) groups is 1. The molecule has 0 atom stereocenters. The number of phenols is 2. The van der Waals surface area contributed by atoms with Crippen molar-refractivity contribution in [3.63, 3.8) is 0 Å². The van der Waals surface area contributed by atoms with Crippen LogP contribution in [0.2, 0.25) is 0 Å². The number of amides is 1. The van der Waals surface area contributed by atoms with E-state index in [0.717, 1.165) is 6.07 Å². The lowest BCUT2D eigenvalue weighted by atomic mass is 9.97. The number of hydrogen-bond donors (Lipinski definition) is 5. The topological polar surface area (TPSA) is 135 Å². The molecule has 0 spiro atoms. The summed E-state index contributed by atoms with van der Waals surface area (Å²) in [4.78, 5) is 18.1. The summed E-state index contributed by atoms with van der Waals surface area (Å²) in [5, 5.41) is 32.1. The molecule has 8 nitrogen and oxygen atoms in total. The molecular weight excluding hydrogens is 401 g/mol. The predicted molar refractivity (Wildman–Crippen MR) is 119 cm³/mol. The summed E-state index contributed by atoms with van der Waals surface area (Å²) >= 11 is 0. The number of allylic oxidation sites excluding steroid dienone is 4. The molecule has 6 N–H and O–H groups in total. The highest BCUT2D eigenvalue weighted by Gasteiger charge is 2.30. The number of nitrogens with zero attached hydrogens (tertiary/aromatic N) is 2. The van der Waals surface area contributed by atoms with E-state index in [2.05, 4.69) is 10.3 Å². The van der Waals surface area contributed by atoms with E-state index in [1.165, 1.54) is 24.1 Å². The van der Waals surface area contributed by atoms with Crippen LogP contribution in [0.3, 0.4) is 0 Å². The normalized spacial score (nSPS) is 14.7. The van der Waals surface area contributed by atoms with Crippen LogP contribution in [-0.2, 0) is 4.79 Å². The number of halogens is 1. The van der Waals surface area contributed by atoms with Crippen LogP contribution in [0.15, 0.2) is 40.4 Å². The molecule has 0 radical (unpaired) electrons. The van der Waals surface area contributed by atoms with Gasteiger partial charge < -0.3 is 21.3 Å². The summed E-state index contributed by atoms with van der Waals surface area (Å²) in [6.45, 7) is 7.28. The minimum absolute atomic E-state index is 0.0730. The second-order valence-corrected chi connectivity index (χ2v) is 7.95. The first-order valence-corrected chi connectivity index (χ1v) is 10.0. The Kier molecular flexibility index (Phi) is 7.43. The van der Waals surface area contributed by atoms with Crippen LogP contribution < -0.4 is 11.1 Å². The number of carbonyl (C=O) groups excluding carboxylic acids is 1. The molecule has 168 valence electrons. The van der Waals surface area contributed by atoms with Gasteiger partial charge in [0.15, 0.2) is 5.84 Å². The molecule has 1 aromatic rings. The monoisotopic (exact) mass is 431 g/mol. The van der Waals surface area contributed by atoms with Crippen LogP contribution >= 0.6 is 0 Å². The third-order valence-corrected chi connectivity index (χ3v) is 4.83. The molecule has 2 rings (SSSR count). The number of carbonyl (C=O) groups is 1. The summed E-state index contributed by atoms with van der Waals surface area (Å²) in [6, 6.07) is 2.45. The summed E-state index contributed by atoms with van der Waals surface area (Å²) < 4.78 is 14.3. The zero-order valence-corrected chi connectivity index (χ0v) is 18.5. The van der Waals surface area contributed by atoms with Crippen LogP contribution in [0.1, 0.15) is 57.6 Å². The van der Waals surface area contributed by atoms with E-state index in [0.29, 0.717) is 11.3 Å². The Bertz CT molecular complexity index is 980. The highest BCUT2D eigenvalue weighted by Crippen LogP contribution is 2.34. The second kappa shape index (κ2) is 9.63. The molecule has 0 heterocycles. The summed E-state index contributed by atoms with van der Waals surface area (Å²) in [5.41, 5.74) is 6.65. The molecule has 1 aliphatic carbocycles. The molecule has 0 fully saturated rings. The number of phenolic OH excluding ortho intramolecular Hbond substituents is 2. The van der Waals surface area contributed by atoms with Crippen molar-refractivity contribution < 1.29 is 19.4 Å². The van der Waals surface area contributed by atoms with Gasteiger partial charge in [-0.3, -0.25) is 20.1 Å². The van der Waals surface area contributed by atoms with Gasteiger partial charge in [0, 0.05) is 30.5 Å². The van der Waals surface area contributed by atoms with Crippen LogP contribution in [0, 0.1) is 5.41 Å². The van der Waals surface area contributed by atoms with Gasteiger partial charge in [-0.25, -0.2) is 4.39 Å². The minimum atomic E-state index is -0.642. The SMILES string of the molecule is C/N=C(/C(=O)NC(C)C)N(C(=N)c1cc(C(C)C)c(O)cc1O)C1=CC(F)=C(N)CC1. The van der Waals surface area contributed by atoms with Gasteiger partial charge in [0.05, 0.1) is 5.56 Å². The van der Waals surface area contributed by atoms with Crippen molar-refractivity contribution in [3.8, 4) is 11.5 Å². The fourth-order valence-electron chi connectivity index (χ4n) is 3.25. The summed E-state index contributed by atoms with van der Waals surface area (Å²) in [5.74, 6) is -2.13. The lowest BCUT2D eigenvalue weighted by molar-refractivity contribution is -0.115. The van der Waals surface area contributed by atoms with E-state index in [-0.39, 0.29) is 59.2 Å². The van der Waals surface area contributed by atoms with Crippen molar-refractivity contribution in [1.29, 1.82) is 5.41 Å². The Morgan fingerprint density at radius 2 is 1.87 bits per heavy atom. The highest BCUT2D eigenvalue weighted by atomic mass is 19.1. The van der Waals surface area contributed by atoms with Crippen molar-refractivity contribution >= 4 is 17.6 Å². The van der Waals surface area contributed by atoms with Gasteiger partial charge in [-0.15, -0.1) is 0 Å². The minimum Gasteiger partial charge on any atom is -0.508 e. The van der Waals surface area contributed by atoms with Gasteiger partial charge in [-0.05, 0) is 50.3 Å². The summed E-state index contributed by atoms with van der Waals surface area (Å²) in [6.07, 6.45) is 1.65. The Morgan fingerprint density at radius 1 is 1.23 bits per heavy atom. The van der Waals surface area contributed by atoms with Crippen LogP contribution in [0.5, 0.6) is 11.5 Å². The van der Waals surface area contributed by atoms with E-state index < -0.39 is 11.7 Å². The molecule has 9 heteroatoms. The fourth-order valence-corrected chi connectivity index (χ4v) is 3.25. The van der Waals surface area contributed by atoms with Crippen LogP contribution in [0.4, 0.5) is 4.39 Å². The largest absolute Gasteiger partial charge is 0.508 e. The van der Waals surface area contributed by atoms with Crippen LogP contribution in [-0.4, -0.2) is 45.8 Å². The third kappa shape index (κ3) is 5.22. The molecule has 0 saturated heterocycles. The Labute approximate surface area is 181 Å². The first-order valence-electron chi connectivity index (χ1n) is 10.0. The lowest BCUT2D eigenvalue weighted by Crippen LogP contribution is -2.47. The number of hydrogen-bond acceptors (Lipinski definition) is 6. The highest BCUT2D eigenvalue weighted by molar-refractivity contribution is 6.41. The molecule has 0 aliphatic heterocycles. The molecule has 0 saturated carbocycles. The van der Waals surface area contributed by atoms with Crippen molar-refractivity contribution in [2.45, 2.75) is 52.5 Å². The lowest BCUT2D eigenvalue weighted by Gasteiger charge is -2.30. The number of nitrogens with one attached hydrogen (secondary N) is 2. The first-order chi connectivity index (χ1) is 14.5. The number of benzene rings is 1. The average molecular weight is 432 g/mol. The van der Waals surface area contributed by atoms with E-state index in [4.69, 9.17) is 11.1 Å². The molecular formula is C22H30FN5O3. The molecule has 1 aliphatic rings. The van der Waals surface area contributed by atoms with Gasteiger partial charge in [0.2, 0.25) is 0 Å². The molecule has 0 aromatic heterocycles. The van der Waals surface area contributed by atoms with E-state index in [9.17, 15) is 19.4 Å². The van der Waals surface area contributed by atoms with Gasteiger partial charge >= 0.3 is 0 Å². The fraction of sp³-hybridized carbons (Fsp3) is 0.409. The van der Waals surface area contributed by atoms with Crippen molar-refractivity contribution in [2.24, 2.45) is 10.7 Å². The molecule has 1 amide bonds. The molecule has 0 unspecified atom stereocenters. The van der Waals surface area contributed by atoms with E-state index >= 15 is 0 Å². The van der Waals surface area contributed by atoms with Gasteiger partial charge in [-0.1, -0.05) is 13.8 Å². The zero-order chi connectivity index (χ0) is 23.5. The van der Waals surface area contributed by atoms with Crippen molar-refractivity contribution in [3.05, 3.63) is 46.6 Å². The second-order valence-electron chi connectivity index (χ2n) is 7.95. The van der Waals surface area contributed by atoms with Gasteiger partial charge in [0.25, 0.3) is 5.91 Å². The average Bonchev–Trinajstić information content (AvgIpc) is 2.67. The predicted octanol–water partition coefficient (Wildman–Crippen LogP) is 3.22. The number of nitrogens with two attached hydrogens (primary N) is 1. The standard InChI is InChI=1S/C22H30FN5O3/c1-11(2)14-9-15(19(30)10-18(14)29)20(25)28(13-6-7-17(24)16(23)8-13)21(26-5)22(31)27-12(3)4/h8-12,25,29-30H,6-7,24H2,1-5H3,(H,27,31)/b25-20?,26-21-. The van der Waals surface area contributed by atoms with E-state index in [1.807, 2.05) is 13.8 Å². The van der Waals surface area contributed by atoms with Crippen LogP contribution in [0.25, 0.3) is 0 Å². The van der Waals surface area contributed by atoms with Gasteiger partial charge in [0.1, 0.15) is 23.2 Å². The van der Waals surface area contributed by atoms with E-state index in [1.54, 1.807) is 13.8 Å².